The van der Waals surface area contributed by atoms with Crippen LogP contribution < -0.4 is 10.5 Å². The van der Waals surface area contributed by atoms with Crippen molar-refractivity contribution in [3.05, 3.63) is 52.7 Å². The van der Waals surface area contributed by atoms with E-state index in [0.717, 1.165) is 0 Å². The first-order chi connectivity index (χ1) is 8.16. The summed E-state index contributed by atoms with van der Waals surface area (Å²) in [4.78, 5) is 14.1. The second-order valence-corrected chi connectivity index (χ2v) is 3.24. The fraction of sp³-hybridized carbons (Fsp3) is 0. The van der Waals surface area contributed by atoms with Crippen LogP contribution in [0, 0.1) is 10.1 Å². The minimum atomic E-state index is -0.500. The second kappa shape index (κ2) is 4.48. The van der Waals surface area contributed by atoms with Gasteiger partial charge in [-0.25, -0.2) is 4.98 Å². The second-order valence-electron chi connectivity index (χ2n) is 3.24. The number of anilines is 1. The minimum Gasteiger partial charge on any atom is -0.450 e. The number of nitrogen functional groups attached to an aromatic ring is 1. The number of para-hydroxylation sites is 2. The van der Waals surface area contributed by atoms with Gasteiger partial charge in [0.25, 0.3) is 0 Å². The third-order valence-electron chi connectivity index (χ3n) is 2.04. The van der Waals surface area contributed by atoms with Crippen molar-refractivity contribution in [3.8, 4) is 11.5 Å². The van der Waals surface area contributed by atoms with Crippen LogP contribution in [0.25, 0.3) is 0 Å². The van der Waals surface area contributed by atoms with Gasteiger partial charge in [0.15, 0.2) is 0 Å². The Morgan fingerprint density at radius 3 is 2.76 bits per heavy atom. The molecule has 0 atom stereocenters. The predicted octanol–water partition coefficient (Wildman–Crippen LogP) is 2.36. The number of hydrogen-bond donors (Lipinski definition) is 1. The molecule has 0 saturated heterocycles. The van der Waals surface area contributed by atoms with Crippen LogP contribution in [0.4, 0.5) is 11.5 Å². The van der Waals surface area contributed by atoms with Crippen LogP contribution in [0.3, 0.4) is 0 Å². The van der Waals surface area contributed by atoms with Crippen LogP contribution in [-0.4, -0.2) is 9.91 Å². The average molecular weight is 231 g/mol. The van der Waals surface area contributed by atoms with Gasteiger partial charge in [-0.05, 0) is 12.1 Å². The van der Waals surface area contributed by atoms with E-state index in [9.17, 15) is 10.1 Å². The van der Waals surface area contributed by atoms with Gasteiger partial charge in [-0.15, -0.1) is 0 Å². The summed E-state index contributed by atoms with van der Waals surface area (Å²) in [5.41, 5.74) is 5.39. The van der Waals surface area contributed by atoms with E-state index >= 15 is 0 Å². The van der Waals surface area contributed by atoms with Crippen molar-refractivity contribution in [1.29, 1.82) is 0 Å². The van der Waals surface area contributed by atoms with E-state index in [0.29, 0.717) is 11.6 Å². The number of nitro benzene ring substituents is 1. The molecule has 2 aromatic rings. The molecule has 6 nitrogen and oxygen atoms in total. The van der Waals surface area contributed by atoms with Crippen LogP contribution in [0.1, 0.15) is 0 Å². The molecule has 0 aliphatic carbocycles. The number of nitrogens with two attached hydrogens (primary N) is 1. The van der Waals surface area contributed by atoms with E-state index < -0.39 is 4.92 Å². The highest BCUT2D eigenvalue weighted by atomic mass is 16.6. The van der Waals surface area contributed by atoms with E-state index in [2.05, 4.69) is 4.98 Å². The Balaban J connectivity index is 2.33. The van der Waals surface area contributed by atoms with Gasteiger partial charge in [0, 0.05) is 18.3 Å². The number of nitro groups is 1. The molecular formula is C11H9N3O3. The maximum atomic E-state index is 10.8. The Kier molecular flexibility index (Phi) is 2.87. The summed E-state index contributed by atoms with van der Waals surface area (Å²) in [5, 5.41) is 10.8. The number of ether oxygens (including phenoxy) is 1. The quantitative estimate of drug-likeness (QED) is 0.646. The van der Waals surface area contributed by atoms with Gasteiger partial charge >= 0.3 is 5.69 Å². The Morgan fingerprint density at radius 2 is 2.06 bits per heavy atom. The lowest BCUT2D eigenvalue weighted by atomic mass is 10.3. The molecule has 1 aromatic carbocycles. The number of benzene rings is 1. The molecule has 0 fully saturated rings. The molecule has 0 bridgehead atoms. The van der Waals surface area contributed by atoms with Crippen molar-refractivity contribution in [3.63, 3.8) is 0 Å². The molecule has 2 N–H and O–H groups in total. The largest absolute Gasteiger partial charge is 0.450 e. The molecule has 17 heavy (non-hydrogen) atoms. The molecule has 0 amide bonds. The molecule has 0 saturated carbocycles. The Bertz CT molecular complexity index is 557. The van der Waals surface area contributed by atoms with E-state index in [4.69, 9.17) is 10.5 Å². The molecular weight excluding hydrogens is 222 g/mol. The molecule has 0 radical (unpaired) electrons. The first-order valence-corrected chi connectivity index (χ1v) is 4.79. The van der Waals surface area contributed by atoms with Crippen molar-refractivity contribution >= 4 is 11.5 Å². The van der Waals surface area contributed by atoms with Gasteiger partial charge in [0.05, 0.1) is 4.92 Å². The van der Waals surface area contributed by atoms with Gasteiger partial charge < -0.3 is 10.5 Å². The van der Waals surface area contributed by atoms with Crippen LogP contribution in [0.15, 0.2) is 42.6 Å². The zero-order valence-corrected chi connectivity index (χ0v) is 8.74. The highest BCUT2D eigenvalue weighted by Crippen LogP contribution is 2.30. The number of hydrogen-bond acceptors (Lipinski definition) is 5. The Hall–Kier alpha value is -2.63. The molecule has 6 heteroatoms. The zero-order valence-electron chi connectivity index (χ0n) is 8.74. The summed E-state index contributed by atoms with van der Waals surface area (Å²) < 4.78 is 5.39. The van der Waals surface area contributed by atoms with E-state index in [-0.39, 0.29) is 11.4 Å². The summed E-state index contributed by atoms with van der Waals surface area (Å²) in [6.07, 6.45) is 1.47. The average Bonchev–Trinajstić information content (AvgIpc) is 2.29. The van der Waals surface area contributed by atoms with Crippen molar-refractivity contribution < 1.29 is 9.66 Å². The third kappa shape index (κ3) is 2.49. The van der Waals surface area contributed by atoms with E-state index in [1.807, 2.05) is 0 Å². The van der Waals surface area contributed by atoms with E-state index in [1.165, 1.54) is 24.4 Å². The van der Waals surface area contributed by atoms with Crippen molar-refractivity contribution in [1.82, 2.24) is 4.98 Å². The van der Waals surface area contributed by atoms with Crippen molar-refractivity contribution in [2.75, 3.05) is 5.73 Å². The van der Waals surface area contributed by atoms with Gasteiger partial charge in [0.2, 0.25) is 5.75 Å². The number of nitrogens with zero attached hydrogens (tertiary/aromatic N) is 2. The molecule has 0 spiro atoms. The first-order valence-electron chi connectivity index (χ1n) is 4.79. The summed E-state index contributed by atoms with van der Waals surface area (Å²) >= 11 is 0. The normalized spacial score (nSPS) is 9.88. The van der Waals surface area contributed by atoms with Gasteiger partial charge in [-0.3, -0.25) is 10.1 Å². The van der Waals surface area contributed by atoms with Gasteiger partial charge in [0.1, 0.15) is 11.6 Å². The molecule has 1 aromatic heterocycles. The lowest BCUT2D eigenvalue weighted by Gasteiger charge is -2.05. The first kappa shape index (κ1) is 10.9. The summed E-state index contributed by atoms with van der Waals surface area (Å²) in [5.74, 6) is 0.871. The molecule has 0 aliphatic rings. The molecule has 2 rings (SSSR count). The maximum absolute atomic E-state index is 10.8. The van der Waals surface area contributed by atoms with E-state index in [1.54, 1.807) is 18.2 Å². The molecule has 1 heterocycles. The standard InChI is InChI=1S/C11H9N3O3/c12-11-7-8(5-6-13-11)17-10-4-2-1-3-9(10)14(15)16/h1-7H,(H2,12,13). The minimum absolute atomic E-state index is 0.0946. The number of pyridine rings is 1. The van der Waals surface area contributed by atoms with Gasteiger partial charge in [-0.2, -0.15) is 0 Å². The van der Waals surface area contributed by atoms with Crippen molar-refractivity contribution in [2.24, 2.45) is 0 Å². The van der Waals surface area contributed by atoms with Crippen LogP contribution >= 0.6 is 0 Å². The fourth-order valence-corrected chi connectivity index (χ4v) is 1.31. The lowest BCUT2D eigenvalue weighted by Crippen LogP contribution is -1.94. The fourth-order valence-electron chi connectivity index (χ4n) is 1.31. The predicted molar refractivity (Wildman–Crippen MR) is 61.8 cm³/mol. The van der Waals surface area contributed by atoms with Crippen LogP contribution in [0.2, 0.25) is 0 Å². The SMILES string of the molecule is Nc1cc(Oc2ccccc2[N+](=O)[O-])ccn1. The lowest BCUT2D eigenvalue weighted by molar-refractivity contribution is -0.385. The Labute approximate surface area is 96.8 Å². The number of rotatable bonds is 3. The Morgan fingerprint density at radius 1 is 1.29 bits per heavy atom. The highest BCUT2D eigenvalue weighted by Gasteiger charge is 2.14. The van der Waals surface area contributed by atoms with Gasteiger partial charge in [-0.1, -0.05) is 12.1 Å². The molecule has 86 valence electrons. The van der Waals surface area contributed by atoms with Crippen LogP contribution in [0.5, 0.6) is 11.5 Å². The smallest absolute Gasteiger partial charge is 0.311 e. The summed E-state index contributed by atoms with van der Waals surface area (Å²) in [7, 11) is 0. The highest BCUT2D eigenvalue weighted by molar-refractivity contribution is 5.49. The third-order valence-corrected chi connectivity index (χ3v) is 2.04. The molecule has 0 aliphatic heterocycles. The van der Waals surface area contributed by atoms with Crippen molar-refractivity contribution in [2.45, 2.75) is 0 Å². The topological polar surface area (TPSA) is 91.3 Å². The maximum Gasteiger partial charge on any atom is 0.311 e. The zero-order chi connectivity index (χ0) is 12.3. The molecule has 0 unspecified atom stereocenters. The summed E-state index contributed by atoms with van der Waals surface area (Å²) in [6, 6.07) is 9.21. The summed E-state index contributed by atoms with van der Waals surface area (Å²) in [6.45, 7) is 0. The van der Waals surface area contributed by atoms with Crippen LogP contribution in [-0.2, 0) is 0 Å². The number of aromatic nitrogens is 1. The monoisotopic (exact) mass is 231 g/mol.